The summed E-state index contributed by atoms with van der Waals surface area (Å²) in [7, 11) is 0. The van der Waals surface area contributed by atoms with Crippen molar-refractivity contribution in [2.45, 2.75) is 33.1 Å². The van der Waals surface area contributed by atoms with Crippen LogP contribution in [0.25, 0.3) is 0 Å². The van der Waals surface area contributed by atoms with Crippen LogP contribution < -0.4 is 5.32 Å². The first-order chi connectivity index (χ1) is 11.5. The maximum Gasteiger partial charge on any atom is 0.335 e. The van der Waals surface area contributed by atoms with Gasteiger partial charge in [0.2, 0.25) is 6.41 Å². The number of allylic oxidation sites excluding steroid dienone is 4. The molecule has 0 aliphatic heterocycles. The van der Waals surface area contributed by atoms with Crippen LogP contribution in [0, 0.1) is 5.92 Å². The van der Waals surface area contributed by atoms with Gasteiger partial charge < -0.3 is 15.2 Å². The fourth-order valence-electron chi connectivity index (χ4n) is 2.17. The van der Waals surface area contributed by atoms with Crippen LogP contribution in [0.5, 0.6) is 0 Å². The molecule has 0 rings (SSSR count). The van der Waals surface area contributed by atoms with Gasteiger partial charge in [-0.2, -0.15) is 0 Å². The van der Waals surface area contributed by atoms with Crippen LogP contribution in [0.15, 0.2) is 48.1 Å². The van der Waals surface area contributed by atoms with Crippen molar-refractivity contribution in [1.82, 2.24) is 5.32 Å². The summed E-state index contributed by atoms with van der Waals surface area (Å²) >= 11 is 0. The molecule has 0 aromatic carbocycles. The molecule has 0 aliphatic rings. The molecule has 1 unspecified atom stereocenters. The highest BCUT2D eigenvalue weighted by Gasteiger charge is 2.09. The molecule has 0 spiro atoms. The van der Waals surface area contributed by atoms with Gasteiger partial charge in [0.1, 0.15) is 0 Å². The molecule has 24 heavy (non-hydrogen) atoms. The zero-order valence-corrected chi connectivity index (χ0v) is 14.7. The summed E-state index contributed by atoms with van der Waals surface area (Å²) in [5.74, 6) is -0.610. The van der Waals surface area contributed by atoms with Crippen molar-refractivity contribution in [2.24, 2.45) is 5.92 Å². The van der Waals surface area contributed by atoms with E-state index in [2.05, 4.69) is 24.9 Å². The first kappa shape index (κ1) is 21.9. The van der Waals surface area contributed by atoms with Crippen molar-refractivity contribution in [3.8, 4) is 0 Å². The average molecular weight is 335 g/mol. The summed E-state index contributed by atoms with van der Waals surface area (Å²) in [6.45, 7) is 9.23. The Morgan fingerprint density at radius 1 is 1.42 bits per heavy atom. The molecule has 2 N–H and O–H groups in total. The number of aliphatic carboxylic acids is 1. The van der Waals surface area contributed by atoms with E-state index < -0.39 is 5.97 Å². The zero-order valence-electron chi connectivity index (χ0n) is 14.7. The van der Waals surface area contributed by atoms with Crippen molar-refractivity contribution in [2.75, 3.05) is 19.8 Å². The minimum absolute atomic E-state index is 0.176. The standard InChI is InChI=1S/C19H29NO4/c1-4-8-18(19(22)23)10-7-12-24-14-17(13-16(3)5-2)9-6-11-20-15-21/h4-5,7-8,10,15,17H,1,6,9,11-14H2,2-3H3,(H,20,21)(H,22,23)/b10-7-,16-5+,18-8+. The number of ether oxygens (including phenoxy) is 1. The first-order valence-corrected chi connectivity index (χ1v) is 8.14. The Labute approximate surface area is 144 Å². The van der Waals surface area contributed by atoms with E-state index in [0.717, 1.165) is 19.3 Å². The second-order valence-corrected chi connectivity index (χ2v) is 5.52. The van der Waals surface area contributed by atoms with Crippen molar-refractivity contribution in [3.05, 3.63) is 48.1 Å². The number of carbonyl (C=O) groups is 2. The van der Waals surface area contributed by atoms with Gasteiger partial charge >= 0.3 is 5.97 Å². The predicted octanol–water partition coefficient (Wildman–Crippen LogP) is 3.25. The molecule has 0 saturated carbocycles. The second kappa shape index (κ2) is 14.5. The Kier molecular flexibility index (Phi) is 13.2. The highest BCUT2D eigenvalue weighted by molar-refractivity contribution is 5.90. The maximum atomic E-state index is 10.9. The van der Waals surface area contributed by atoms with Crippen molar-refractivity contribution >= 4 is 12.4 Å². The topological polar surface area (TPSA) is 75.6 Å². The summed E-state index contributed by atoms with van der Waals surface area (Å²) in [5.41, 5.74) is 1.49. The normalized spacial score (nSPS) is 13.8. The van der Waals surface area contributed by atoms with Gasteiger partial charge in [-0.1, -0.05) is 30.4 Å². The third-order valence-corrected chi connectivity index (χ3v) is 3.53. The van der Waals surface area contributed by atoms with E-state index in [-0.39, 0.29) is 5.57 Å². The number of amides is 1. The monoisotopic (exact) mass is 335 g/mol. The molecular formula is C19H29NO4. The molecule has 0 bridgehead atoms. The van der Waals surface area contributed by atoms with E-state index in [1.165, 1.54) is 23.8 Å². The number of hydrogen-bond donors (Lipinski definition) is 2. The van der Waals surface area contributed by atoms with Crippen molar-refractivity contribution < 1.29 is 19.4 Å². The molecule has 0 aliphatic carbocycles. The lowest BCUT2D eigenvalue weighted by Crippen LogP contribution is -2.16. The molecule has 0 radical (unpaired) electrons. The second-order valence-electron chi connectivity index (χ2n) is 5.52. The van der Waals surface area contributed by atoms with Crippen LogP contribution in [0.1, 0.15) is 33.1 Å². The van der Waals surface area contributed by atoms with Crippen molar-refractivity contribution in [3.63, 3.8) is 0 Å². The Balaban J connectivity index is 4.33. The number of hydrogen-bond acceptors (Lipinski definition) is 3. The molecular weight excluding hydrogens is 306 g/mol. The third kappa shape index (κ3) is 11.4. The summed E-state index contributed by atoms with van der Waals surface area (Å²) in [5, 5.41) is 11.6. The smallest absolute Gasteiger partial charge is 0.335 e. The van der Waals surface area contributed by atoms with Gasteiger partial charge in [0, 0.05) is 6.54 Å². The van der Waals surface area contributed by atoms with Gasteiger partial charge in [-0.05, 0) is 51.2 Å². The van der Waals surface area contributed by atoms with Gasteiger partial charge in [-0.3, -0.25) is 4.79 Å². The van der Waals surface area contributed by atoms with E-state index in [0.29, 0.717) is 32.1 Å². The quantitative estimate of drug-likeness (QED) is 0.168. The van der Waals surface area contributed by atoms with Crippen LogP contribution in [0.2, 0.25) is 0 Å². The molecule has 5 nitrogen and oxygen atoms in total. The minimum Gasteiger partial charge on any atom is -0.478 e. The highest BCUT2D eigenvalue weighted by Crippen LogP contribution is 2.17. The number of rotatable bonds is 14. The third-order valence-electron chi connectivity index (χ3n) is 3.53. The number of carbonyl (C=O) groups excluding carboxylic acids is 1. The Hall–Kier alpha value is -2.14. The maximum absolute atomic E-state index is 10.9. The number of carboxylic acid groups (broad SMARTS) is 1. The molecule has 0 saturated heterocycles. The van der Waals surface area contributed by atoms with E-state index in [4.69, 9.17) is 9.84 Å². The fourth-order valence-corrected chi connectivity index (χ4v) is 2.17. The molecule has 134 valence electrons. The molecule has 0 aromatic rings. The fraction of sp³-hybridized carbons (Fsp3) is 0.474. The number of nitrogens with one attached hydrogen (secondary N) is 1. The minimum atomic E-state index is -0.990. The largest absolute Gasteiger partial charge is 0.478 e. The van der Waals surface area contributed by atoms with Crippen LogP contribution >= 0.6 is 0 Å². The van der Waals surface area contributed by atoms with Crippen LogP contribution in [-0.2, 0) is 14.3 Å². The van der Waals surface area contributed by atoms with Gasteiger partial charge in [0.05, 0.1) is 18.8 Å². The first-order valence-electron chi connectivity index (χ1n) is 8.14. The summed E-state index contributed by atoms with van der Waals surface area (Å²) < 4.78 is 5.66. The van der Waals surface area contributed by atoms with E-state index in [1.807, 2.05) is 6.92 Å². The van der Waals surface area contributed by atoms with Gasteiger partial charge in [0.15, 0.2) is 0 Å². The lowest BCUT2D eigenvalue weighted by atomic mass is 9.96. The highest BCUT2D eigenvalue weighted by atomic mass is 16.5. The molecule has 0 fully saturated rings. The Bertz CT molecular complexity index is 478. The zero-order chi connectivity index (χ0) is 18.2. The Morgan fingerprint density at radius 3 is 2.75 bits per heavy atom. The summed E-state index contributed by atoms with van der Waals surface area (Å²) in [4.78, 5) is 21.2. The van der Waals surface area contributed by atoms with E-state index >= 15 is 0 Å². The average Bonchev–Trinajstić information content (AvgIpc) is 2.56. The van der Waals surface area contributed by atoms with Gasteiger partial charge in [0.25, 0.3) is 0 Å². The lowest BCUT2D eigenvalue weighted by molar-refractivity contribution is -0.132. The molecule has 1 amide bonds. The van der Waals surface area contributed by atoms with E-state index in [1.54, 1.807) is 6.08 Å². The van der Waals surface area contributed by atoms with Gasteiger partial charge in [-0.15, -0.1) is 0 Å². The number of carboxylic acids is 1. The summed E-state index contributed by atoms with van der Waals surface area (Å²) in [6.07, 6.45) is 11.7. The van der Waals surface area contributed by atoms with Crippen LogP contribution in [0.3, 0.4) is 0 Å². The van der Waals surface area contributed by atoms with Crippen molar-refractivity contribution in [1.29, 1.82) is 0 Å². The molecule has 0 aromatic heterocycles. The van der Waals surface area contributed by atoms with Gasteiger partial charge in [-0.25, -0.2) is 4.79 Å². The molecule has 0 heterocycles. The molecule has 5 heteroatoms. The van der Waals surface area contributed by atoms with E-state index in [9.17, 15) is 9.59 Å². The molecule has 1 atom stereocenters. The SMILES string of the molecule is C=C/C=C(\C=C/COCC(CCCNC=O)C/C(C)=C/C)C(=O)O. The summed E-state index contributed by atoms with van der Waals surface area (Å²) in [6, 6.07) is 0. The van der Waals surface area contributed by atoms with Crippen LogP contribution in [0.4, 0.5) is 0 Å². The van der Waals surface area contributed by atoms with Crippen LogP contribution in [-0.4, -0.2) is 37.2 Å². The predicted molar refractivity (Wildman–Crippen MR) is 96.7 cm³/mol. The Morgan fingerprint density at radius 2 is 2.17 bits per heavy atom. The lowest BCUT2D eigenvalue weighted by Gasteiger charge is -2.17.